The van der Waals surface area contributed by atoms with Crippen molar-refractivity contribution in [2.45, 2.75) is 26.4 Å². The number of carbonyl (C=O) groups is 1. The zero-order valence-electron chi connectivity index (χ0n) is 18.4. The molecule has 0 radical (unpaired) electrons. The van der Waals surface area contributed by atoms with Gasteiger partial charge in [-0.3, -0.25) is 14.6 Å². The molecule has 0 N–H and O–H groups in total. The molecule has 2 heterocycles. The van der Waals surface area contributed by atoms with Gasteiger partial charge in [-0.15, -0.1) is 0 Å². The predicted octanol–water partition coefficient (Wildman–Crippen LogP) is 5.22. The molecule has 1 aromatic heterocycles. The zero-order valence-corrected chi connectivity index (χ0v) is 20.8. The van der Waals surface area contributed by atoms with E-state index in [1.807, 2.05) is 61.2 Å². The number of hydrogen-bond acceptors (Lipinski definition) is 6. The molecule has 0 spiro atoms. The van der Waals surface area contributed by atoms with Crippen LogP contribution in [-0.4, -0.2) is 61.3 Å². The number of aromatic nitrogens is 1. The molecule has 1 aliphatic rings. The first-order valence-corrected chi connectivity index (χ1v) is 12.6. The number of hydrogen-bond donors (Lipinski definition) is 0. The maximum Gasteiger partial charge on any atom is 0.260 e. The number of morpholine rings is 1. The first-order chi connectivity index (χ1) is 15.5. The molecule has 1 saturated heterocycles. The van der Waals surface area contributed by atoms with Crippen molar-refractivity contribution in [2.75, 3.05) is 44.3 Å². The van der Waals surface area contributed by atoms with E-state index >= 15 is 0 Å². The molecule has 170 valence electrons. The fraction of sp³-hybridized carbons (Fsp3) is 0.417. The van der Waals surface area contributed by atoms with Gasteiger partial charge in [0.15, 0.2) is 5.13 Å². The number of thiazole rings is 1. The molecular formula is C24H28BrN3O3S. The summed E-state index contributed by atoms with van der Waals surface area (Å²) in [7, 11) is 0. The quantitative estimate of drug-likeness (QED) is 0.410. The van der Waals surface area contributed by atoms with Crippen LogP contribution in [0.25, 0.3) is 10.2 Å². The fourth-order valence-corrected chi connectivity index (χ4v) is 5.21. The molecule has 0 bridgehead atoms. The van der Waals surface area contributed by atoms with Gasteiger partial charge < -0.3 is 9.47 Å². The van der Waals surface area contributed by atoms with E-state index in [4.69, 9.17) is 14.5 Å². The van der Waals surface area contributed by atoms with Gasteiger partial charge in [-0.2, -0.15) is 0 Å². The lowest BCUT2D eigenvalue weighted by Gasteiger charge is -2.27. The number of benzene rings is 2. The number of rotatable bonds is 8. The van der Waals surface area contributed by atoms with Crippen molar-refractivity contribution in [3.63, 3.8) is 0 Å². The van der Waals surface area contributed by atoms with E-state index in [2.05, 4.69) is 20.8 Å². The molecule has 0 atom stereocenters. The highest BCUT2D eigenvalue weighted by atomic mass is 79.9. The van der Waals surface area contributed by atoms with Crippen molar-refractivity contribution in [3.05, 3.63) is 52.5 Å². The van der Waals surface area contributed by atoms with Crippen LogP contribution in [0.1, 0.15) is 30.6 Å². The number of nitrogens with zero attached hydrogens (tertiary/aromatic N) is 3. The topological polar surface area (TPSA) is 54.9 Å². The summed E-state index contributed by atoms with van der Waals surface area (Å²) in [4.78, 5) is 22.5. The van der Waals surface area contributed by atoms with Gasteiger partial charge in [-0.05, 0) is 62.7 Å². The molecular weight excluding hydrogens is 490 g/mol. The molecule has 1 aliphatic heterocycles. The lowest BCUT2D eigenvalue weighted by Crippen LogP contribution is -2.39. The first kappa shape index (κ1) is 23.2. The summed E-state index contributed by atoms with van der Waals surface area (Å²) in [6.07, 6.45) is 0.968. The number of carbonyl (C=O) groups excluding carboxylic acids is 1. The van der Waals surface area contributed by atoms with Crippen molar-refractivity contribution in [2.24, 2.45) is 0 Å². The second-order valence-corrected chi connectivity index (χ2v) is 9.99. The van der Waals surface area contributed by atoms with Crippen molar-refractivity contribution < 1.29 is 14.3 Å². The van der Waals surface area contributed by atoms with E-state index in [9.17, 15) is 4.79 Å². The Morgan fingerprint density at radius 3 is 2.69 bits per heavy atom. The Bertz CT molecular complexity index is 1050. The monoisotopic (exact) mass is 517 g/mol. The Labute approximate surface area is 201 Å². The van der Waals surface area contributed by atoms with Crippen LogP contribution >= 0.6 is 27.3 Å². The lowest BCUT2D eigenvalue weighted by atomic mass is 10.2. The van der Waals surface area contributed by atoms with Crippen LogP contribution in [0.5, 0.6) is 5.75 Å². The molecule has 4 rings (SSSR count). The van der Waals surface area contributed by atoms with E-state index in [1.54, 1.807) is 11.3 Å². The standard InChI is InChI=1S/C24H28BrN3O3S/c1-17(2)31-20-7-4-18(5-8-20)23(29)28(11-3-10-27-12-14-30-15-13-27)24-26-21-9-6-19(25)16-22(21)32-24/h4-9,16-17H,3,10-15H2,1-2H3. The van der Waals surface area contributed by atoms with Crippen LogP contribution in [0.3, 0.4) is 0 Å². The summed E-state index contributed by atoms with van der Waals surface area (Å²) in [5, 5.41) is 0.729. The summed E-state index contributed by atoms with van der Waals surface area (Å²) in [6, 6.07) is 13.4. The Balaban J connectivity index is 1.54. The molecule has 0 saturated carbocycles. The van der Waals surface area contributed by atoms with Gasteiger partial charge in [0, 0.05) is 36.2 Å². The van der Waals surface area contributed by atoms with Gasteiger partial charge in [0.05, 0.1) is 29.5 Å². The van der Waals surface area contributed by atoms with Crippen LogP contribution in [0, 0.1) is 0 Å². The van der Waals surface area contributed by atoms with Crippen molar-refractivity contribution in [1.29, 1.82) is 0 Å². The van der Waals surface area contributed by atoms with Crippen LogP contribution < -0.4 is 9.64 Å². The molecule has 32 heavy (non-hydrogen) atoms. The average molecular weight is 518 g/mol. The van der Waals surface area contributed by atoms with Crippen LogP contribution in [0.15, 0.2) is 46.9 Å². The van der Waals surface area contributed by atoms with Crippen LogP contribution in [0.4, 0.5) is 5.13 Å². The lowest BCUT2D eigenvalue weighted by molar-refractivity contribution is 0.0376. The van der Waals surface area contributed by atoms with Gasteiger partial charge in [-0.1, -0.05) is 27.3 Å². The first-order valence-electron chi connectivity index (χ1n) is 10.9. The molecule has 6 nitrogen and oxygen atoms in total. The van der Waals surface area contributed by atoms with Crippen molar-refractivity contribution in [3.8, 4) is 5.75 Å². The highest BCUT2D eigenvalue weighted by molar-refractivity contribution is 9.10. The minimum Gasteiger partial charge on any atom is -0.491 e. The SMILES string of the molecule is CC(C)Oc1ccc(C(=O)N(CCCN2CCOCC2)c2nc3ccc(Br)cc3s2)cc1. The second-order valence-electron chi connectivity index (χ2n) is 8.06. The van der Waals surface area contributed by atoms with Gasteiger partial charge >= 0.3 is 0 Å². The van der Waals surface area contributed by atoms with E-state index in [-0.39, 0.29) is 12.0 Å². The largest absolute Gasteiger partial charge is 0.491 e. The number of amides is 1. The van der Waals surface area contributed by atoms with Crippen molar-refractivity contribution >= 4 is 48.5 Å². The molecule has 0 unspecified atom stereocenters. The second kappa shape index (κ2) is 10.7. The number of anilines is 1. The molecule has 1 fully saturated rings. The Kier molecular flexibility index (Phi) is 7.78. The van der Waals surface area contributed by atoms with E-state index in [1.165, 1.54) is 0 Å². The van der Waals surface area contributed by atoms with E-state index in [0.717, 1.165) is 64.8 Å². The maximum absolute atomic E-state index is 13.5. The highest BCUT2D eigenvalue weighted by Crippen LogP contribution is 2.32. The van der Waals surface area contributed by atoms with Gasteiger partial charge in [-0.25, -0.2) is 4.98 Å². The number of halogens is 1. The van der Waals surface area contributed by atoms with E-state index < -0.39 is 0 Å². The Morgan fingerprint density at radius 2 is 1.97 bits per heavy atom. The minimum absolute atomic E-state index is 0.0406. The Hall–Kier alpha value is -2.00. The number of fused-ring (bicyclic) bond motifs is 1. The van der Waals surface area contributed by atoms with Gasteiger partial charge in [0.2, 0.25) is 0 Å². The third kappa shape index (κ3) is 5.86. The summed E-state index contributed by atoms with van der Waals surface area (Å²) < 4.78 is 13.2. The van der Waals surface area contributed by atoms with Gasteiger partial charge in [0.1, 0.15) is 5.75 Å². The minimum atomic E-state index is -0.0406. The molecule has 3 aromatic rings. The van der Waals surface area contributed by atoms with E-state index in [0.29, 0.717) is 12.1 Å². The third-order valence-electron chi connectivity index (χ3n) is 5.25. The van der Waals surface area contributed by atoms with Gasteiger partial charge in [0.25, 0.3) is 5.91 Å². The summed E-state index contributed by atoms with van der Waals surface area (Å²) >= 11 is 5.07. The van der Waals surface area contributed by atoms with Crippen molar-refractivity contribution in [1.82, 2.24) is 9.88 Å². The molecule has 2 aromatic carbocycles. The molecule has 1 amide bonds. The fourth-order valence-electron chi connectivity index (χ4n) is 3.67. The summed E-state index contributed by atoms with van der Waals surface area (Å²) in [5.74, 6) is 0.724. The van der Waals surface area contributed by atoms with Crippen LogP contribution in [0.2, 0.25) is 0 Å². The molecule has 8 heteroatoms. The molecule has 0 aliphatic carbocycles. The maximum atomic E-state index is 13.5. The van der Waals surface area contributed by atoms with Crippen LogP contribution in [-0.2, 0) is 4.74 Å². The highest BCUT2D eigenvalue weighted by Gasteiger charge is 2.22. The third-order valence-corrected chi connectivity index (χ3v) is 6.78. The zero-order chi connectivity index (χ0) is 22.5. The number of ether oxygens (including phenoxy) is 2. The summed E-state index contributed by atoms with van der Waals surface area (Å²) in [5.41, 5.74) is 1.53. The smallest absolute Gasteiger partial charge is 0.260 e. The normalized spacial score (nSPS) is 14.8. The average Bonchev–Trinajstić information content (AvgIpc) is 3.20. The summed E-state index contributed by atoms with van der Waals surface area (Å²) in [6.45, 7) is 8.97. The predicted molar refractivity (Wildman–Crippen MR) is 133 cm³/mol. The Morgan fingerprint density at radius 1 is 1.22 bits per heavy atom.